The van der Waals surface area contributed by atoms with Gasteiger partial charge in [-0.05, 0) is 37.1 Å². The molecule has 1 aromatic carbocycles. The number of carbonyl (C=O) groups is 1. The number of aromatic hydroxyl groups is 1. The van der Waals surface area contributed by atoms with Gasteiger partial charge in [0.05, 0.1) is 19.1 Å². The first-order valence-electron chi connectivity index (χ1n) is 8.64. The maximum Gasteiger partial charge on any atom is 0.374 e. The number of fused-ring (bicyclic) bond motifs is 1. The van der Waals surface area contributed by atoms with Gasteiger partial charge in [0, 0.05) is 6.07 Å². The highest BCUT2D eigenvalue weighted by Crippen LogP contribution is 2.37. The molecule has 0 aliphatic heterocycles. The fourth-order valence-electron chi connectivity index (χ4n) is 2.91. The molecule has 0 spiro atoms. The number of hydrogen-bond donors (Lipinski definition) is 1. The molecular weight excluding hydrogens is 352 g/mol. The summed E-state index contributed by atoms with van der Waals surface area (Å²) in [5.74, 6) is -0.372. The van der Waals surface area contributed by atoms with Crippen LogP contribution < -0.4 is 10.4 Å². The van der Waals surface area contributed by atoms with Crippen LogP contribution in [0, 0.1) is 0 Å². The van der Waals surface area contributed by atoms with Gasteiger partial charge in [-0.25, -0.2) is 9.59 Å². The van der Waals surface area contributed by atoms with Crippen molar-refractivity contribution in [2.24, 2.45) is 0 Å². The molecule has 2 aromatic heterocycles. The van der Waals surface area contributed by atoms with E-state index in [1.54, 1.807) is 19.1 Å². The van der Waals surface area contributed by atoms with Crippen molar-refractivity contribution in [3.05, 3.63) is 46.0 Å². The van der Waals surface area contributed by atoms with E-state index in [-0.39, 0.29) is 35.0 Å². The van der Waals surface area contributed by atoms with Gasteiger partial charge in [-0.1, -0.05) is 13.3 Å². The van der Waals surface area contributed by atoms with Crippen LogP contribution in [-0.4, -0.2) is 24.8 Å². The maximum absolute atomic E-state index is 12.4. The Kier molecular flexibility index (Phi) is 5.21. The minimum atomic E-state index is -0.782. The highest BCUT2D eigenvalue weighted by atomic mass is 16.5. The van der Waals surface area contributed by atoms with Crippen molar-refractivity contribution in [2.75, 3.05) is 13.7 Å². The van der Waals surface area contributed by atoms with Crippen LogP contribution in [0.1, 0.15) is 36.4 Å². The molecule has 0 fully saturated rings. The third-order valence-corrected chi connectivity index (χ3v) is 4.13. The van der Waals surface area contributed by atoms with Gasteiger partial charge in [-0.15, -0.1) is 0 Å². The second-order valence-corrected chi connectivity index (χ2v) is 5.91. The number of esters is 1. The van der Waals surface area contributed by atoms with Crippen LogP contribution in [0.15, 0.2) is 37.9 Å². The van der Waals surface area contributed by atoms with Gasteiger partial charge in [0.1, 0.15) is 28.4 Å². The van der Waals surface area contributed by atoms with Crippen molar-refractivity contribution in [3.63, 3.8) is 0 Å². The SMILES string of the molecule is CCCc1cc2c(O)c(-c3ccc(C(=O)OCC)o3)c(=O)oc2cc1OC. The van der Waals surface area contributed by atoms with Gasteiger partial charge < -0.3 is 23.4 Å². The summed E-state index contributed by atoms with van der Waals surface area (Å²) in [5.41, 5.74) is 0.157. The fourth-order valence-corrected chi connectivity index (χ4v) is 2.91. The molecule has 7 heteroatoms. The highest BCUT2D eigenvalue weighted by molar-refractivity contribution is 5.92. The summed E-state index contributed by atoms with van der Waals surface area (Å²) >= 11 is 0. The van der Waals surface area contributed by atoms with Crippen LogP contribution in [0.2, 0.25) is 0 Å². The van der Waals surface area contributed by atoms with E-state index < -0.39 is 11.6 Å². The molecule has 0 unspecified atom stereocenters. The molecule has 0 bridgehead atoms. The van der Waals surface area contributed by atoms with Crippen molar-refractivity contribution in [1.29, 1.82) is 0 Å². The van der Waals surface area contributed by atoms with Crippen molar-refractivity contribution in [2.45, 2.75) is 26.7 Å². The highest BCUT2D eigenvalue weighted by Gasteiger charge is 2.22. The van der Waals surface area contributed by atoms with E-state index >= 15 is 0 Å². The van der Waals surface area contributed by atoms with Crippen molar-refractivity contribution in [1.82, 2.24) is 0 Å². The summed E-state index contributed by atoms with van der Waals surface area (Å²) in [5, 5.41) is 11.1. The molecule has 0 amide bonds. The minimum Gasteiger partial charge on any atom is -0.506 e. The quantitative estimate of drug-likeness (QED) is 0.517. The van der Waals surface area contributed by atoms with Gasteiger partial charge in [0.25, 0.3) is 0 Å². The Bertz CT molecular complexity index is 1040. The summed E-state index contributed by atoms with van der Waals surface area (Å²) in [6.07, 6.45) is 1.62. The van der Waals surface area contributed by atoms with Gasteiger partial charge in [0.2, 0.25) is 5.76 Å². The molecule has 0 atom stereocenters. The number of hydrogen-bond acceptors (Lipinski definition) is 7. The molecule has 2 heterocycles. The van der Waals surface area contributed by atoms with Crippen LogP contribution in [-0.2, 0) is 11.2 Å². The Morgan fingerprint density at radius 1 is 1.19 bits per heavy atom. The normalized spacial score (nSPS) is 10.9. The predicted octanol–water partition coefficient (Wildman–Crippen LogP) is 3.90. The number of aryl methyl sites for hydroxylation is 1. The lowest BCUT2D eigenvalue weighted by Gasteiger charge is -2.11. The van der Waals surface area contributed by atoms with E-state index in [0.29, 0.717) is 11.1 Å². The lowest BCUT2D eigenvalue weighted by Crippen LogP contribution is -2.04. The predicted molar refractivity (Wildman–Crippen MR) is 98.4 cm³/mol. The van der Waals surface area contributed by atoms with Gasteiger partial charge in [-0.2, -0.15) is 0 Å². The second-order valence-electron chi connectivity index (χ2n) is 5.91. The lowest BCUT2D eigenvalue weighted by atomic mass is 10.0. The van der Waals surface area contributed by atoms with E-state index in [1.807, 2.05) is 6.92 Å². The number of methoxy groups -OCH3 is 1. The topological polar surface area (TPSA) is 99.1 Å². The first-order chi connectivity index (χ1) is 13.0. The molecule has 0 aliphatic rings. The molecule has 0 radical (unpaired) electrons. The first kappa shape index (κ1) is 18.6. The average molecular weight is 372 g/mol. The molecule has 0 saturated carbocycles. The maximum atomic E-state index is 12.4. The molecule has 1 N–H and O–H groups in total. The summed E-state index contributed by atoms with van der Waals surface area (Å²) in [6.45, 7) is 3.90. The fraction of sp³-hybridized carbons (Fsp3) is 0.300. The Balaban J connectivity index is 2.17. The third kappa shape index (κ3) is 3.40. The van der Waals surface area contributed by atoms with Gasteiger partial charge >= 0.3 is 11.6 Å². The third-order valence-electron chi connectivity index (χ3n) is 4.13. The molecule has 3 aromatic rings. The van der Waals surface area contributed by atoms with Crippen LogP contribution in [0.3, 0.4) is 0 Å². The zero-order valence-corrected chi connectivity index (χ0v) is 15.3. The largest absolute Gasteiger partial charge is 0.506 e. The van der Waals surface area contributed by atoms with Crippen molar-refractivity contribution < 1.29 is 28.2 Å². The number of ether oxygens (including phenoxy) is 2. The zero-order valence-electron chi connectivity index (χ0n) is 15.3. The van der Waals surface area contributed by atoms with E-state index in [2.05, 4.69) is 0 Å². The standard InChI is InChI=1S/C20H20O7/c1-4-6-11-9-12-16(10-15(11)24-3)27-20(23)17(18(12)21)13-7-8-14(26-13)19(22)25-5-2/h7-10,21H,4-6H2,1-3H3. The lowest BCUT2D eigenvalue weighted by molar-refractivity contribution is 0.0491. The molecular formula is C20H20O7. The molecule has 3 rings (SSSR count). The molecule has 0 aliphatic carbocycles. The summed E-state index contributed by atoms with van der Waals surface area (Å²) in [7, 11) is 1.53. The van der Waals surface area contributed by atoms with Crippen LogP contribution in [0.25, 0.3) is 22.3 Å². The molecule has 142 valence electrons. The van der Waals surface area contributed by atoms with E-state index in [1.165, 1.54) is 19.2 Å². The van der Waals surface area contributed by atoms with Crippen LogP contribution in [0.5, 0.6) is 11.5 Å². The average Bonchev–Trinajstić information content (AvgIpc) is 3.12. The smallest absolute Gasteiger partial charge is 0.374 e. The van der Waals surface area contributed by atoms with Crippen molar-refractivity contribution in [3.8, 4) is 22.8 Å². The van der Waals surface area contributed by atoms with E-state index in [0.717, 1.165) is 18.4 Å². The monoisotopic (exact) mass is 372 g/mol. The van der Waals surface area contributed by atoms with E-state index in [9.17, 15) is 14.7 Å². The number of benzene rings is 1. The Morgan fingerprint density at radius 3 is 2.63 bits per heavy atom. The van der Waals surface area contributed by atoms with Crippen molar-refractivity contribution >= 4 is 16.9 Å². The number of rotatable bonds is 6. The summed E-state index contributed by atoms with van der Waals surface area (Å²) < 4.78 is 21.0. The Hall–Kier alpha value is -3.22. The number of furan rings is 1. The van der Waals surface area contributed by atoms with E-state index in [4.69, 9.17) is 18.3 Å². The summed E-state index contributed by atoms with van der Waals surface area (Å²) in [4.78, 5) is 24.2. The zero-order chi connectivity index (χ0) is 19.6. The van der Waals surface area contributed by atoms with Crippen LogP contribution >= 0.6 is 0 Å². The molecule has 0 saturated heterocycles. The Labute approximate surface area is 155 Å². The minimum absolute atomic E-state index is 0.0269. The first-order valence-corrected chi connectivity index (χ1v) is 8.64. The Morgan fingerprint density at radius 2 is 1.96 bits per heavy atom. The van der Waals surface area contributed by atoms with Crippen LogP contribution in [0.4, 0.5) is 0 Å². The van der Waals surface area contributed by atoms with Gasteiger partial charge in [-0.3, -0.25) is 0 Å². The second kappa shape index (κ2) is 7.57. The van der Waals surface area contributed by atoms with Gasteiger partial charge in [0.15, 0.2) is 0 Å². The summed E-state index contributed by atoms with van der Waals surface area (Å²) in [6, 6.07) is 6.11. The molecule has 27 heavy (non-hydrogen) atoms. The molecule has 7 nitrogen and oxygen atoms in total. The number of carbonyl (C=O) groups excluding carboxylic acids is 1.